The summed E-state index contributed by atoms with van der Waals surface area (Å²) in [5.74, 6) is 0.900. The molecule has 13 heavy (non-hydrogen) atoms. The molecule has 0 aliphatic rings. The normalized spacial score (nSPS) is 13.6. The molecule has 1 aromatic heterocycles. The van der Waals surface area contributed by atoms with E-state index in [-0.39, 0.29) is 6.04 Å². The van der Waals surface area contributed by atoms with Crippen molar-refractivity contribution in [3.8, 4) is 0 Å². The maximum Gasteiger partial charge on any atom is 0.150 e. The van der Waals surface area contributed by atoms with Gasteiger partial charge in [-0.15, -0.1) is 10.2 Å². The van der Waals surface area contributed by atoms with E-state index in [0.717, 1.165) is 18.7 Å². The Kier molecular flexibility index (Phi) is 3.42. The summed E-state index contributed by atoms with van der Waals surface area (Å²) in [5.41, 5.74) is 5.97. The standard InChI is InChI=1S/C9H18N4/c1-4-5-8(10)9-12-11-6-13(9)7(2)3/h6-8H,4-5,10H2,1-3H3/t8-/m1/s1. The Balaban J connectivity index is 2.80. The summed E-state index contributed by atoms with van der Waals surface area (Å²) in [6.45, 7) is 6.33. The average molecular weight is 182 g/mol. The molecule has 0 aliphatic carbocycles. The SMILES string of the molecule is CCC[C@@H](N)c1nncn1C(C)C. The molecule has 1 rings (SSSR count). The van der Waals surface area contributed by atoms with Crippen LogP contribution in [0.5, 0.6) is 0 Å². The van der Waals surface area contributed by atoms with Crippen LogP contribution in [0.3, 0.4) is 0 Å². The number of rotatable bonds is 4. The number of aromatic nitrogens is 3. The van der Waals surface area contributed by atoms with Crippen molar-refractivity contribution in [2.75, 3.05) is 0 Å². The van der Waals surface area contributed by atoms with Gasteiger partial charge in [0, 0.05) is 6.04 Å². The molecule has 0 aliphatic heterocycles. The second-order valence-electron chi connectivity index (χ2n) is 3.59. The van der Waals surface area contributed by atoms with Gasteiger partial charge in [-0.2, -0.15) is 0 Å². The molecule has 0 radical (unpaired) electrons. The molecule has 1 aromatic rings. The van der Waals surface area contributed by atoms with Crippen LogP contribution in [0.25, 0.3) is 0 Å². The van der Waals surface area contributed by atoms with Crippen molar-refractivity contribution < 1.29 is 0 Å². The van der Waals surface area contributed by atoms with E-state index in [1.54, 1.807) is 6.33 Å². The Labute approximate surface area is 79.2 Å². The van der Waals surface area contributed by atoms with Crippen LogP contribution in [0.2, 0.25) is 0 Å². The van der Waals surface area contributed by atoms with Crippen molar-refractivity contribution in [1.82, 2.24) is 14.8 Å². The molecule has 2 N–H and O–H groups in total. The van der Waals surface area contributed by atoms with E-state index in [0.29, 0.717) is 6.04 Å². The molecule has 1 heterocycles. The van der Waals surface area contributed by atoms with Crippen molar-refractivity contribution in [3.05, 3.63) is 12.2 Å². The van der Waals surface area contributed by atoms with Crippen LogP contribution in [0.4, 0.5) is 0 Å². The second-order valence-corrected chi connectivity index (χ2v) is 3.59. The predicted octanol–water partition coefficient (Wildman–Crippen LogP) is 1.66. The fraction of sp³-hybridized carbons (Fsp3) is 0.778. The van der Waals surface area contributed by atoms with E-state index in [2.05, 4.69) is 31.0 Å². The van der Waals surface area contributed by atoms with Crippen molar-refractivity contribution in [1.29, 1.82) is 0 Å². The van der Waals surface area contributed by atoms with Gasteiger partial charge < -0.3 is 10.3 Å². The Bertz CT molecular complexity index is 254. The third-order valence-corrected chi connectivity index (χ3v) is 2.09. The van der Waals surface area contributed by atoms with Crippen LogP contribution in [-0.2, 0) is 0 Å². The molecule has 0 bridgehead atoms. The Morgan fingerprint density at radius 1 is 1.54 bits per heavy atom. The van der Waals surface area contributed by atoms with Crippen molar-refractivity contribution in [2.45, 2.75) is 45.7 Å². The molecular weight excluding hydrogens is 164 g/mol. The lowest BCUT2D eigenvalue weighted by atomic mass is 10.1. The van der Waals surface area contributed by atoms with Crippen LogP contribution in [0.15, 0.2) is 6.33 Å². The van der Waals surface area contributed by atoms with Crippen molar-refractivity contribution in [3.63, 3.8) is 0 Å². The molecular formula is C9H18N4. The minimum atomic E-state index is 0.0231. The van der Waals surface area contributed by atoms with Crippen molar-refractivity contribution >= 4 is 0 Å². The van der Waals surface area contributed by atoms with Gasteiger partial charge in [-0.05, 0) is 20.3 Å². The summed E-state index contributed by atoms with van der Waals surface area (Å²) in [7, 11) is 0. The molecule has 0 spiro atoms. The van der Waals surface area contributed by atoms with E-state index >= 15 is 0 Å². The largest absolute Gasteiger partial charge is 0.321 e. The molecule has 0 saturated carbocycles. The first-order chi connectivity index (χ1) is 6.16. The zero-order valence-electron chi connectivity index (χ0n) is 8.57. The van der Waals surface area contributed by atoms with Gasteiger partial charge in [0.05, 0.1) is 6.04 Å². The maximum absolute atomic E-state index is 5.97. The van der Waals surface area contributed by atoms with Gasteiger partial charge in [0.15, 0.2) is 0 Å². The molecule has 74 valence electrons. The molecule has 0 unspecified atom stereocenters. The van der Waals surface area contributed by atoms with Crippen LogP contribution in [0, 0.1) is 0 Å². The van der Waals surface area contributed by atoms with Gasteiger partial charge in [-0.3, -0.25) is 0 Å². The monoisotopic (exact) mass is 182 g/mol. The predicted molar refractivity (Wildman–Crippen MR) is 52.2 cm³/mol. The third-order valence-electron chi connectivity index (χ3n) is 2.09. The lowest BCUT2D eigenvalue weighted by Crippen LogP contribution is -2.17. The third kappa shape index (κ3) is 2.28. The highest BCUT2D eigenvalue weighted by atomic mass is 15.3. The fourth-order valence-corrected chi connectivity index (χ4v) is 1.36. The van der Waals surface area contributed by atoms with E-state index in [1.165, 1.54) is 0 Å². The first-order valence-corrected chi connectivity index (χ1v) is 4.81. The van der Waals surface area contributed by atoms with Gasteiger partial charge in [-0.1, -0.05) is 13.3 Å². The van der Waals surface area contributed by atoms with Gasteiger partial charge in [0.25, 0.3) is 0 Å². The smallest absolute Gasteiger partial charge is 0.150 e. The zero-order chi connectivity index (χ0) is 9.84. The molecule has 0 saturated heterocycles. The van der Waals surface area contributed by atoms with Crippen molar-refractivity contribution in [2.24, 2.45) is 5.73 Å². The quantitative estimate of drug-likeness (QED) is 0.770. The molecule has 4 heteroatoms. The van der Waals surface area contributed by atoms with Crippen LogP contribution >= 0.6 is 0 Å². The number of nitrogens with two attached hydrogens (primary N) is 1. The maximum atomic E-state index is 5.97. The van der Waals surface area contributed by atoms with E-state index in [1.807, 2.05) is 4.57 Å². The molecule has 0 aromatic carbocycles. The van der Waals surface area contributed by atoms with Crippen LogP contribution < -0.4 is 5.73 Å². The van der Waals surface area contributed by atoms with E-state index < -0.39 is 0 Å². The first-order valence-electron chi connectivity index (χ1n) is 4.81. The molecule has 1 atom stereocenters. The highest BCUT2D eigenvalue weighted by Crippen LogP contribution is 2.16. The fourth-order valence-electron chi connectivity index (χ4n) is 1.36. The van der Waals surface area contributed by atoms with Gasteiger partial charge in [0.2, 0.25) is 0 Å². The molecule has 0 amide bonds. The van der Waals surface area contributed by atoms with Crippen LogP contribution in [0.1, 0.15) is 51.5 Å². The lowest BCUT2D eigenvalue weighted by Gasteiger charge is -2.14. The lowest BCUT2D eigenvalue weighted by molar-refractivity contribution is 0.510. The topological polar surface area (TPSA) is 56.7 Å². The highest BCUT2D eigenvalue weighted by molar-refractivity contribution is 4.94. The highest BCUT2D eigenvalue weighted by Gasteiger charge is 2.13. The number of hydrogen-bond donors (Lipinski definition) is 1. The number of nitrogens with zero attached hydrogens (tertiary/aromatic N) is 3. The number of hydrogen-bond acceptors (Lipinski definition) is 3. The second kappa shape index (κ2) is 4.37. The van der Waals surface area contributed by atoms with E-state index in [9.17, 15) is 0 Å². The first kappa shape index (κ1) is 10.2. The summed E-state index contributed by atoms with van der Waals surface area (Å²) in [4.78, 5) is 0. The van der Waals surface area contributed by atoms with Crippen LogP contribution in [-0.4, -0.2) is 14.8 Å². The Morgan fingerprint density at radius 3 is 2.77 bits per heavy atom. The Morgan fingerprint density at radius 2 is 2.23 bits per heavy atom. The average Bonchev–Trinajstić information content (AvgIpc) is 2.52. The van der Waals surface area contributed by atoms with Gasteiger partial charge >= 0.3 is 0 Å². The molecule has 4 nitrogen and oxygen atoms in total. The minimum absolute atomic E-state index is 0.0231. The zero-order valence-corrected chi connectivity index (χ0v) is 8.57. The summed E-state index contributed by atoms with van der Waals surface area (Å²) in [5, 5.41) is 7.92. The summed E-state index contributed by atoms with van der Waals surface area (Å²) < 4.78 is 2.03. The van der Waals surface area contributed by atoms with Gasteiger partial charge in [-0.25, -0.2) is 0 Å². The summed E-state index contributed by atoms with van der Waals surface area (Å²) in [6, 6.07) is 0.405. The minimum Gasteiger partial charge on any atom is -0.321 e. The van der Waals surface area contributed by atoms with Gasteiger partial charge in [0.1, 0.15) is 12.2 Å². The summed E-state index contributed by atoms with van der Waals surface area (Å²) >= 11 is 0. The summed E-state index contributed by atoms with van der Waals surface area (Å²) in [6.07, 6.45) is 3.78. The van der Waals surface area contributed by atoms with E-state index in [4.69, 9.17) is 5.73 Å². The Hall–Kier alpha value is -0.900. The molecule has 0 fully saturated rings.